The Bertz CT molecular complexity index is 1040. The third-order valence-electron chi connectivity index (χ3n) is 5.61. The van der Waals surface area contributed by atoms with E-state index in [1.54, 1.807) is 17.7 Å². The zero-order chi connectivity index (χ0) is 21.5. The number of rotatable bonds is 9. The minimum Gasteiger partial charge on any atom is -0.328 e. The van der Waals surface area contributed by atoms with Gasteiger partial charge in [0.15, 0.2) is 0 Å². The molecule has 0 saturated heterocycles. The highest BCUT2D eigenvalue weighted by molar-refractivity contribution is 5.94. The fourth-order valence-corrected chi connectivity index (χ4v) is 3.93. The first-order valence-electron chi connectivity index (χ1n) is 10.9. The second kappa shape index (κ2) is 10.2. The molecule has 1 heterocycles. The summed E-state index contributed by atoms with van der Waals surface area (Å²) in [4.78, 5) is 33.1. The lowest BCUT2D eigenvalue weighted by Crippen LogP contribution is -2.39. The first-order valence-corrected chi connectivity index (χ1v) is 10.9. The lowest BCUT2D eigenvalue weighted by Gasteiger charge is -2.32. The molecule has 0 spiro atoms. The van der Waals surface area contributed by atoms with Crippen LogP contribution in [0, 0.1) is 0 Å². The summed E-state index contributed by atoms with van der Waals surface area (Å²) in [5, 5.41) is 0.600. The molecule has 158 valence electrons. The molecule has 0 aliphatic rings. The van der Waals surface area contributed by atoms with Crippen molar-refractivity contribution in [1.29, 1.82) is 0 Å². The van der Waals surface area contributed by atoms with Gasteiger partial charge in [-0.3, -0.25) is 14.2 Å². The van der Waals surface area contributed by atoms with E-state index in [9.17, 15) is 9.59 Å². The summed E-state index contributed by atoms with van der Waals surface area (Å²) in [5.74, 6) is 0.627. The number of benzene rings is 2. The molecule has 30 heavy (non-hydrogen) atoms. The molecular formula is C25H31N3O2. The highest BCUT2D eigenvalue weighted by atomic mass is 16.2. The van der Waals surface area contributed by atoms with E-state index in [0.717, 1.165) is 25.7 Å². The Morgan fingerprint density at radius 2 is 1.70 bits per heavy atom. The van der Waals surface area contributed by atoms with Gasteiger partial charge in [-0.1, -0.05) is 63.4 Å². The molecule has 5 heteroatoms. The van der Waals surface area contributed by atoms with Gasteiger partial charge in [0.1, 0.15) is 5.82 Å². The van der Waals surface area contributed by atoms with Crippen molar-refractivity contribution >= 4 is 16.8 Å². The number of unbranched alkanes of at least 4 members (excludes halogenated alkanes) is 3. The molecule has 0 unspecified atom stereocenters. The van der Waals surface area contributed by atoms with Crippen LogP contribution in [-0.2, 0) is 7.05 Å². The molecule has 0 bridgehead atoms. The van der Waals surface area contributed by atoms with Crippen molar-refractivity contribution in [2.45, 2.75) is 52.0 Å². The Balaban J connectivity index is 2.03. The van der Waals surface area contributed by atoms with Crippen molar-refractivity contribution in [3.05, 3.63) is 76.3 Å². The van der Waals surface area contributed by atoms with Crippen LogP contribution in [0.5, 0.6) is 0 Å². The maximum Gasteiger partial charge on any atom is 0.261 e. The topological polar surface area (TPSA) is 55.2 Å². The monoisotopic (exact) mass is 405 g/mol. The highest BCUT2D eigenvalue weighted by Crippen LogP contribution is 2.26. The SMILES string of the molecule is CCCCCCN(C(=O)c1ccccc1)[C@@H](CC)c1nc2ccccc2c(=O)n1C. The number of hydrogen-bond donors (Lipinski definition) is 0. The summed E-state index contributed by atoms with van der Waals surface area (Å²) in [7, 11) is 1.75. The van der Waals surface area contributed by atoms with Crippen LogP contribution in [0.15, 0.2) is 59.4 Å². The van der Waals surface area contributed by atoms with Crippen molar-refractivity contribution in [2.75, 3.05) is 6.54 Å². The number of aromatic nitrogens is 2. The van der Waals surface area contributed by atoms with E-state index in [0.29, 0.717) is 35.3 Å². The molecule has 0 fully saturated rings. The van der Waals surface area contributed by atoms with Gasteiger partial charge in [0, 0.05) is 19.2 Å². The van der Waals surface area contributed by atoms with E-state index >= 15 is 0 Å². The number of carbonyl (C=O) groups excluding carboxylic acids is 1. The highest BCUT2D eigenvalue weighted by Gasteiger charge is 2.28. The number of hydrogen-bond acceptors (Lipinski definition) is 3. The van der Waals surface area contributed by atoms with Crippen LogP contribution < -0.4 is 5.56 Å². The van der Waals surface area contributed by atoms with Crippen molar-refractivity contribution in [2.24, 2.45) is 7.05 Å². The summed E-state index contributed by atoms with van der Waals surface area (Å²) < 4.78 is 1.60. The minimum atomic E-state index is -0.262. The van der Waals surface area contributed by atoms with Crippen molar-refractivity contribution in [3.63, 3.8) is 0 Å². The largest absolute Gasteiger partial charge is 0.328 e. The maximum absolute atomic E-state index is 13.5. The molecule has 3 aromatic rings. The maximum atomic E-state index is 13.5. The summed E-state index contributed by atoms with van der Waals surface area (Å²) in [6, 6.07) is 16.5. The van der Waals surface area contributed by atoms with E-state index in [1.165, 1.54) is 0 Å². The predicted octanol–water partition coefficient (Wildman–Crippen LogP) is 5.11. The van der Waals surface area contributed by atoms with Gasteiger partial charge in [-0.15, -0.1) is 0 Å². The van der Waals surface area contributed by atoms with Crippen molar-refractivity contribution < 1.29 is 4.79 Å². The van der Waals surface area contributed by atoms with E-state index in [2.05, 4.69) is 6.92 Å². The summed E-state index contributed by atoms with van der Waals surface area (Å²) in [6.07, 6.45) is 4.99. The average molecular weight is 406 g/mol. The lowest BCUT2D eigenvalue weighted by atomic mass is 10.1. The molecule has 5 nitrogen and oxygen atoms in total. The Labute approximate surface area is 178 Å². The second-order valence-electron chi connectivity index (χ2n) is 7.70. The van der Waals surface area contributed by atoms with Gasteiger partial charge in [-0.25, -0.2) is 4.98 Å². The van der Waals surface area contributed by atoms with E-state index in [1.807, 2.05) is 60.4 Å². The van der Waals surface area contributed by atoms with Crippen molar-refractivity contribution in [3.8, 4) is 0 Å². The van der Waals surface area contributed by atoms with E-state index < -0.39 is 0 Å². The molecule has 1 atom stereocenters. The zero-order valence-electron chi connectivity index (χ0n) is 18.2. The molecule has 1 amide bonds. The first-order chi connectivity index (χ1) is 14.6. The third-order valence-corrected chi connectivity index (χ3v) is 5.61. The molecule has 0 saturated carbocycles. The number of nitrogens with zero attached hydrogens (tertiary/aromatic N) is 3. The van der Waals surface area contributed by atoms with Crippen LogP contribution in [-0.4, -0.2) is 26.9 Å². The van der Waals surface area contributed by atoms with Crippen molar-refractivity contribution in [1.82, 2.24) is 14.5 Å². The van der Waals surface area contributed by atoms with Crippen LogP contribution in [0.2, 0.25) is 0 Å². The molecule has 1 aromatic heterocycles. The molecule has 0 aliphatic carbocycles. The standard InChI is InChI=1S/C25H31N3O2/c1-4-6-7-13-18-28(24(29)19-14-9-8-10-15-19)22(5-2)23-26-21-17-12-11-16-20(21)25(30)27(23)3/h8-12,14-17,22H,4-7,13,18H2,1-3H3/t22-/m0/s1. The lowest BCUT2D eigenvalue weighted by molar-refractivity contribution is 0.0653. The number of amides is 1. The second-order valence-corrected chi connectivity index (χ2v) is 7.70. The summed E-state index contributed by atoms with van der Waals surface area (Å²) in [5.41, 5.74) is 1.26. The Morgan fingerprint density at radius 3 is 2.40 bits per heavy atom. The van der Waals surface area contributed by atoms with E-state index in [-0.39, 0.29) is 17.5 Å². The van der Waals surface area contributed by atoms with Gasteiger partial charge < -0.3 is 4.90 Å². The summed E-state index contributed by atoms with van der Waals surface area (Å²) in [6.45, 7) is 4.87. The fraction of sp³-hybridized carbons (Fsp3) is 0.400. The minimum absolute atomic E-state index is 0.0126. The molecule has 0 aliphatic heterocycles. The normalized spacial score (nSPS) is 12.1. The fourth-order valence-electron chi connectivity index (χ4n) is 3.93. The molecular weight excluding hydrogens is 374 g/mol. The average Bonchev–Trinajstić information content (AvgIpc) is 2.79. The van der Waals surface area contributed by atoms with Gasteiger partial charge in [0.25, 0.3) is 11.5 Å². The van der Waals surface area contributed by atoms with Gasteiger partial charge in [0.2, 0.25) is 0 Å². The Hall–Kier alpha value is -2.95. The van der Waals surface area contributed by atoms with Gasteiger partial charge in [-0.2, -0.15) is 0 Å². The van der Waals surface area contributed by atoms with Crippen LogP contribution in [0.4, 0.5) is 0 Å². The number of fused-ring (bicyclic) bond motifs is 1. The predicted molar refractivity (Wildman–Crippen MR) is 122 cm³/mol. The number of para-hydroxylation sites is 1. The summed E-state index contributed by atoms with van der Waals surface area (Å²) >= 11 is 0. The Morgan fingerprint density at radius 1 is 1.00 bits per heavy atom. The number of carbonyl (C=O) groups is 1. The molecule has 0 N–H and O–H groups in total. The molecule has 3 rings (SSSR count). The molecule has 0 radical (unpaired) electrons. The molecule has 2 aromatic carbocycles. The quantitative estimate of drug-likeness (QED) is 0.465. The van der Waals surface area contributed by atoms with Crippen LogP contribution >= 0.6 is 0 Å². The van der Waals surface area contributed by atoms with Gasteiger partial charge in [-0.05, 0) is 37.1 Å². The van der Waals surface area contributed by atoms with Crippen LogP contribution in [0.25, 0.3) is 10.9 Å². The smallest absolute Gasteiger partial charge is 0.261 e. The third kappa shape index (κ3) is 4.61. The van der Waals surface area contributed by atoms with Crippen LogP contribution in [0.3, 0.4) is 0 Å². The van der Waals surface area contributed by atoms with Gasteiger partial charge in [0.05, 0.1) is 16.9 Å². The Kier molecular flexibility index (Phi) is 7.39. The van der Waals surface area contributed by atoms with Gasteiger partial charge >= 0.3 is 0 Å². The van der Waals surface area contributed by atoms with E-state index in [4.69, 9.17) is 4.98 Å². The zero-order valence-corrected chi connectivity index (χ0v) is 18.2. The van der Waals surface area contributed by atoms with Crippen LogP contribution in [0.1, 0.15) is 68.2 Å². The first kappa shape index (κ1) is 21.8.